The molecule has 0 aromatic carbocycles. The van der Waals surface area contributed by atoms with Crippen LogP contribution in [0.3, 0.4) is 0 Å². The molecule has 2 aliphatic heterocycles. The summed E-state index contributed by atoms with van der Waals surface area (Å²) < 4.78 is 12.0. The quantitative estimate of drug-likeness (QED) is 0.835. The van der Waals surface area contributed by atoms with Crippen LogP contribution in [0.4, 0.5) is 0 Å². The third kappa shape index (κ3) is 3.39. The topological polar surface area (TPSA) is 77.4 Å². The van der Waals surface area contributed by atoms with E-state index < -0.39 is 0 Å². The summed E-state index contributed by atoms with van der Waals surface area (Å²) in [6.07, 6.45) is 9.19. The van der Waals surface area contributed by atoms with Gasteiger partial charge in [0.05, 0.1) is 18.9 Å². The van der Waals surface area contributed by atoms with Crippen LogP contribution in [0.5, 0.6) is 5.88 Å². The molecule has 0 N–H and O–H groups in total. The van der Waals surface area contributed by atoms with Crippen LogP contribution >= 0.6 is 0 Å². The van der Waals surface area contributed by atoms with Crippen LogP contribution in [0.25, 0.3) is 0 Å². The summed E-state index contributed by atoms with van der Waals surface area (Å²) in [6.45, 7) is 2.51. The summed E-state index contributed by atoms with van der Waals surface area (Å²) >= 11 is 0. The van der Waals surface area contributed by atoms with Crippen LogP contribution in [-0.2, 0) is 4.74 Å². The lowest BCUT2D eigenvalue weighted by molar-refractivity contribution is -0.133. The maximum atomic E-state index is 12.8. The molecule has 0 saturated carbocycles. The van der Waals surface area contributed by atoms with Gasteiger partial charge in [0.2, 0.25) is 5.88 Å². The molecule has 4 heterocycles. The average molecular weight is 354 g/mol. The average Bonchev–Trinajstić information content (AvgIpc) is 2.73. The van der Waals surface area contributed by atoms with E-state index >= 15 is 0 Å². The van der Waals surface area contributed by atoms with E-state index in [4.69, 9.17) is 9.47 Å². The van der Waals surface area contributed by atoms with Crippen molar-refractivity contribution < 1.29 is 14.3 Å². The van der Waals surface area contributed by atoms with Gasteiger partial charge in [-0.1, -0.05) is 6.07 Å². The maximum absolute atomic E-state index is 12.8. The van der Waals surface area contributed by atoms with Crippen LogP contribution in [0, 0.1) is 5.41 Å². The first-order valence-corrected chi connectivity index (χ1v) is 8.98. The summed E-state index contributed by atoms with van der Waals surface area (Å²) in [5.41, 5.74) is 0.162. The van der Waals surface area contributed by atoms with Crippen molar-refractivity contribution in [1.29, 1.82) is 0 Å². The van der Waals surface area contributed by atoms with E-state index in [1.165, 1.54) is 6.20 Å². The Balaban J connectivity index is 1.52. The molecule has 2 aromatic rings. The second kappa shape index (κ2) is 7.37. The first-order chi connectivity index (χ1) is 12.8. The molecule has 0 bridgehead atoms. The molecule has 4 rings (SSSR count). The van der Waals surface area contributed by atoms with Gasteiger partial charge in [-0.2, -0.15) is 0 Å². The third-order valence-corrected chi connectivity index (χ3v) is 5.20. The zero-order valence-electron chi connectivity index (χ0n) is 14.6. The number of nitrogens with zero attached hydrogens (tertiary/aromatic N) is 4. The van der Waals surface area contributed by atoms with Crippen molar-refractivity contribution in [2.75, 3.05) is 26.3 Å². The van der Waals surface area contributed by atoms with Crippen molar-refractivity contribution in [3.63, 3.8) is 0 Å². The molecule has 0 unspecified atom stereocenters. The Morgan fingerprint density at radius 2 is 2.27 bits per heavy atom. The Morgan fingerprint density at radius 1 is 1.31 bits per heavy atom. The van der Waals surface area contributed by atoms with E-state index in [1.807, 2.05) is 23.1 Å². The van der Waals surface area contributed by atoms with Crippen LogP contribution in [0.1, 0.15) is 29.8 Å². The number of rotatable bonds is 4. The summed E-state index contributed by atoms with van der Waals surface area (Å²) in [6, 6.07) is 5.61. The Kier molecular flexibility index (Phi) is 4.79. The Labute approximate surface area is 152 Å². The fourth-order valence-corrected chi connectivity index (χ4v) is 3.90. The Bertz CT molecular complexity index is 743. The number of carbonyl (C=O) groups excluding carboxylic acids is 1. The maximum Gasteiger partial charge on any atom is 0.274 e. The van der Waals surface area contributed by atoms with E-state index in [-0.39, 0.29) is 17.4 Å². The molecule has 2 aliphatic rings. The molecule has 7 nitrogen and oxygen atoms in total. The minimum absolute atomic E-state index is 0.0839. The van der Waals surface area contributed by atoms with Gasteiger partial charge in [-0.3, -0.25) is 9.78 Å². The molecular weight excluding hydrogens is 332 g/mol. The monoisotopic (exact) mass is 354 g/mol. The molecule has 2 atom stereocenters. The number of amides is 1. The molecule has 0 aliphatic carbocycles. The zero-order valence-corrected chi connectivity index (χ0v) is 14.6. The highest BCUT2D eigenvalue weighted by Crippen LogP contribution is 2.40. The summed E-state index contributed by atoms with van der Waals surface area (Å²) in [5, 5.41) is 0. The molecule has 7 heteroatoms. The van der Waals surface area contributed by atoms with Gasteiger partial charge in [-0.15, -0.1) is 0 Å². The lowest BCUT2D eigenvalue weighted by atomic mass is 9.73. The number of hydrogen-bond acceptors (Lipinski definition) is 6. The molecule has 2 fully saturated rings. The van der Waals surface area contributed by atoms with E-state index in [0.717, 1.165) is 25.9 Å². The lowest BCUT2D eigenvalue weighted by Gasteiger charge is -2.49. The van der Waals surface area contributed by atoms with Crippen molar-refractivity contribution in [3.05, 3.63) is 48.7 Å². The normalized spacial score (nSPS) is 25.4. The number of hydrogen-bond donors (Lipinski definition) is 0. The van der Waals surface area contributed by atoms with Crippen molar-refractivity contribution in [2.45, 2.75) is 25.4 Å². The molecule has 1 amide bonds. The van der Waals surface area contributed by atoms with E-state index in [9.17, 15) is 4.79 Å². The predicted octanol–water partition coefficient (Wildman–Crippen LogP) is 1.96. The van der Waals surface area contributed by atoms with Gasteiger partial charge < -0.3 is 14.4 Å². The van der Waals surface area contributed by atoms with Crippen molar-refractivity contribution >= 4 is 5.91 Å². The highest BCUT2D eigenvalue weighted by atomic mass is 16.5. The van der Waals surface area contributed by atoms with E-state index in [2.05, 4.69) is 15.0 Å². The van der Waals surface area contributed by atoms with Crippen molar-refractivity contribution in [1.82, 2.24) is 19.9 Å². The molecule has 136 valence electrons. The van der Waals surface area contributed by atoms with Crippen LogP contribution in [-0.4, -0.2) is 58.2 Å². The van der Waals surface area contributed by atoms with Gasteiger partial charge in [0.1, 0.15) is 5.69 Å². The Hall–Kier alpha value is -2.54. The molecule has 0 spiro atoms. The number of carbonyl (C=O) groups is 1. The number of aromatic nitrogens is 3. The standard InChI is InChI=1S/C19H22N4O3/c24-18(15-12-20-8-9-21-15)23-10-5-16-19(13-23,6-3-11-25-16)14-26-17-4-1-2-7-22-17/h1-2,4,7-9,12,16H,3,5-6,10-11,13-14H2/t16-,19+/m0/s1. The minimum atomic E-state index is -0.216. The molecule has 26 heavy (non-hydrogen) atoms. The lowest BCUT2D eigenvalue weighted by Crippen LogP contribution is -2.58. The van der Waals surface area contributed by atoms with Crippen molar-refractivity contribution in [2.24, 2.45) is 5.41 Å². The number of likely N-dealkylation sites (tertiary alicyclic amines) is 1. The smallest absolute Gasteiger partial charge is 0.274 e. The second-order valence-corrected chi connectivity index (χ2v) is 6.89. The van der Waals surface area contributed by atoms with Crippen LogP contribution in [0.2, 0.25) is 0 Å². The fourth-order valence-electron chi connectivity index (χ4n) is 3.90. The van der Waals surface area contributed by atoms with Gasteiger partial charge in [0.25, 0.3) is 5.91 Å². The molecule has 2 saturated heterocycles. The van der Waals surface area contributed by atoms with E-state index in [0.29, 0.717) is 31.3 Å². The van der Waals surface area contributed by atoms with Crippen molar-refractivity contribution in [3.8, 4) is 5.88 Å². The first kappa shape index (κ1) is 16.9. The number of ether oxygens (including phenoxy) is 2. The largest absolute Gasteiger partial charge is 0.477 e. The van der Waals surface area contributed by atoms with Crippen LogP contribution in [0.15, 0.2) is 43.0 Å². The highest BCUT2D eigenvalue weighted by Gasteiger charge is 2.48. The highest BCUT2D eigenvalue weighted by molar-refractivity contribution is 5.92. The van der Waals surface area contributed by atoms with E-state index in [1.54, 1.807) is 18.6 Å². The summed E-state index contributed by atoms with van der Waals surface area (Å²) in [4.78, 5) is 27.1. The summed E-state index contributed by atoms with van der Waals surface area (Å²) in [5.74, 6) is 0.517. The number of pyridine rings is 1. The number of piperidine rings is 1. The Morgan fingerprint density at radius 3 is 3.08 bits per heavy atom. The third-order valence-electron chi connectivity index (χ3n) is 5.20. The fraction of sp³-hybridized carbons (Fsp3) is 0.474. The predicted molar refractivity (Wildman–Crippen MR) is 93.7 cm³/mol. The van der Waals surface area contributed by atoms with Gasteiger partial charge in [-0.25, -0.2) is 9.97 Å². The number of fused-ring (bicyclic) bond motifs is 1. The second-order valence-electron chi connectivity index (χ2n) is 6.89. The summed E-state index contributed by atoms with van der Waals surface area (Å²) in [7, 11) is 0. The van der Waals surface area contributed by atoms with Gasteiger partial charge >= 0.3 is 0 Å². The zero-order chi connectivity index (χ0) is 17.8. The van der Waals surface area contributed by atoms with Gasteiger partial charge in [-0.05, 0) is 25.3 Å². The van der Waals surface area contributed by atoms with Crippen LogP contribution < -0.4 is 4.74 Å². The minimum Gasteiger partial charge on any atom is -0.477 e. The molecule has 2 aromatic heterocycles. The first-order valence-electron chi connectivity index (χ1n) is 8.98. The molecular formula is C19H22N4O3. The molecule has 0 radical (unpaired) electrons. The van der Waals surface area contributed by atoms with Gasteiger partial charge in [0, 0.05) is 49.8 Å². The SMILES string of the molecule is O=C(c1cnccn1)N1CC[C@@H]2OCCC[C@]2(COc2ccccn2)C1. The van der Waals surface area contributed by atoms with Gasteiger partial charge in [0.15, 0.2) is 0 Å².